The molecule has 0 radical (unpaired) electrons. The van der Waals surface area contributed by atoms with Gasteiger partial charge in [-0.25, -0.2) is 4.79 Å². The number of nitro groups is 1. The lowest BCUT2D eigenvalue weighted by molar-refractivity contribution is -0.385. The number of nitrogens with zero attached hydrogens (tertiary/aromatic N) is 1. The maximum atomic E-state index is 11.8. The van der Waals surface area contributed by atoms with Crippen molar-refractivity contribution >= 4 is 45.3 Å². The summed E-state index contributed by atoms with van der Waals surface area (Å²) in [6.07, 6.45) is 2.78. The molecule has 0 atom stereocenters. The highest BCUT2D eigenvalue weighted by Crippen LogP contribution is 2.22. The summed E-state index contributed by atoms with van der Waals surface area (Å²) in [6, 6.07) is 11.6. The maximum absolute atomic E-state index is 11.8. The van der Waals surface area contributed by atoms with E-state index in [1.165, 1.54) is 24.3 Å². The second kappa shape index (κ2) is 8.91. The Labute approximate surface area is 157 Å². The van der Waals surface area contributed by atoms with Gasteiger partial charge in [0.15, 0.2) is 6.61 Å². The predicted octanol–water partition coefficient (Wildman–Crippen LogP) is 3.86. The van der Waals surface area contributed by atoms with E-state index < -0.39 is 23.4 Å². The molecule has 0 aliphatic carbocycles. The molecule has 134 valence electrons. The van der Waals surface area contributed by atoms with Crippen LogP contribution in [-0.2, 0) is 14.3 Å². The monoisotopic (exact) mass is 418 g/mol. The molecule has 1 amide bonds. The van der Waals surface area contributed by atoms with Crippen molar-refractivity contribution in [1.82, 2.24) is 0 Å². The third-order valence-corrected chi connectivity index (χ3v) is 3.79. The van der Waals surface area contributed by atoms with Crippen LogP contribution in [0.1, 0.15) is 11.1 Å². The Morgan fingerprint density at radius 3 is 2.73 bits per heavy atom. The van der Waals surface area contributed by atoms with Crippen LogP contribution in [0.3, 0.4) is 0 Å². The third-order valence-electron chi connectivity index (χ3n) is 3.30. The molecule has 0 fully saturated rings. The number of esters is 1. The number of carbonyl (C=O) groups is 2. The first kappa shape index (κ1) is 19.3. The van der Waals surface area contributed by atoms with E-state index in [2.05, 4.69) is 21.2 Å². The number of benzene rings is 2. The van der Waals surface area contributed by atoms with Crippen LogP contribution in [0.4, 0.5) is 11.4 Å². The molecule has 1 N–H and O–H groups in total. The van der Waals surface area contributed by atoms with Crippen LogP contribution in [-0.4, -0.2) is 23.4 Å². The highest BCUT2D eigenvalue weighted by Gasteiger charge is 2.13. The Morgan fingerprint density at radius 1 is 1.27 bits per heavy atom. The summed E-state index contributed by atoms with van der Waals surface area (Å²) in [4.78, 5) is 33.8. The van der Waals surface area contributed by atoms with Gasteiger partial charge in [0.05, 0.1) is 4.92 Å². The van der Waals surface area contributed by atoms with Gasteiger partial charge in [0.25, 0.3) is 11.6 Å². The zero-order valence-electron chi connectivity index (χ0n) is 13.8. The van der Waals surface area contributed by atoms with Crippen molar-refractivity contribution in [2.75, 3.05) is 11.9 Å². The normalized spacial score (nSPS) is 10.5. The van der Waals surface area contributed by atoms with Gasteiger partial charge >= 0.3 is 5.97 Å². The molecule has 0 spiro atoms. The molecular weight excluding hydrogens is 404 g/mol. The fraction of sp³-hybridized carbons (Fsp3) is 0.111. The topological polar surface area (TPSA) is 98.5 Å². The molecule has 26 heavy (non-hydrogen) atoms. The molecule has 7 nitrogen and oxygen atoms in total. The summed E-state index contributed by atoms with van der Waals surface area (Å²) in [6.45, 7) is 1.10. The Bertz CT molecular complexity index is 880. The van der Waals surface area contributed by atoms with Crippen molar-refractivity contribution in [3.63, 3.8) is 0 Å². The molecule has 8 heteroatoms. The van der Waals surface area contributed by atoms with Crippen LogP contribution >= 0.6 is 15.9 Å². The molecule has 0 saturated carbocycles. The van der Waals surface area contributed by atoms with Crippen molar-refractivity contribution in [1.29, 1.82) is 0 Å². The number of hydrogen-bond donors (Lipinski definition) is 1. The SMILES string of the molecule is Cc1ccc(NC(=O)COC(=O)/C=C/c2cccc(Br)c2)cc1[N+](=O)[O-]. The van der Waals surface area contributed by atoms with Crippen LogP contribution in [0.5, 0.6) is 0 Å². The molecule has 0 aliphatic rings. The number of ether oxygens (including phenoxy) is 1. The molecule has 0 aliphatic heterocycles. The largest absolute Gasteiger partial charge is 0.452 e. The van der Waals surface area contributed by atoms with Crippen LogP contribution in [0, 0.1) is 17.0 Å². The van der Waals surface area contributed by atoms with E-state index >= 15 is 0 Å². The van der Waals surface area contributed by atoms with E-state index in [9.17, 15) is 19.7 Å². The number of halogens is 1. The van der Waals surface area contributed by atoms with Crippen LogP contribution < -0.4 is 5.32 Å². The molecule has 2 aromatic carbocycles. The van der Waals surface area contributed by atoms with Gasteiger partial charge < -0.3 is 10.1 Å². The minimum absolute atomic E-state index is 0.100. The van der Waals surface area contributed by atoms with Crippen LogP contribution in [0.25, 0.3) is 6.08 Å². The van der Waals surface area contributed by atoms with E-state index in [-0.39, 0.29) is 11.4 Å². The molecular formula is C18H15BrN2O5. The fourth-order valence-electron chi connectivity index (χ4n) is 2.04. The number of carbonyl (C=O) groups excluding carboxylic acids is 2. The standard InChI is InChI=1S/C18H15BrN2O5/c1-12-5-7-15(10-16(12)21(24)25)20-17(22)11-26-18(23)8-6-13-3-2-4-14(19)9-13/h2-10H,11H2,1H3,(H,20,22)/b8-6+. The van der Waals surface area contributed by atoms with Crippen molar-refractivity contribution < 1.29 is 19.2 Å². The number of hydrogen-bond acceptors (Lipinski definition) is 5. The number of aryl methyl sites for hydroxylation is 1. The first-order valence-corrected chi connectivity index (χ1v) is 8.30. The van der Waals surface area contributed by atoms with Gasteiger partial charge in [0, 0.05) is 27.9 Å². The Kier molecular flexibility index (Phi) is 6.62. The Hall–Kier alpha value is -3.00. The lowest BCUT2D eigenvalue weighted by atomic mass is 10.2. The van der Waals surface area contributed by atoms with Crippen LogP contribution in [0.2, 0.25) is 0 Å². The molecule has 0 aromatic heterocycles. The second-order valence-electron chi connectivity index (χ2n) is 5.30. The summed E-state index contributed by atoms with van der Waals surface area (Å²) >= 11 is 3.32. The van der Waals surface area contributed by atoms with Gasteiger partial charge in [-0.15, -0.1) is 0 Å². The molecule has 0 unspecified atom stereocenters. The van der Waals surface area contributed by atoms with Crippen LogP contribution in [0.15, 0.2) is 53.0 Å². The molecule has 0 saturated heterocycles. The third kappa shape index (κ3) is 5.82. The van der Waals surface area contributed by atoms with Crippen molar-refractivity contribution in [2.24, 2.45) is 0 Å². The minimum atomic E-state index is -0.671. The average molecular weight is 419 g/mol. The summed E-state index contributed by atoms with van der Waals surface area (Å²) in [5.41, 5.74) is 1.44. The van der Waals surface area contributed by atoms with Gasteiger partial charge in [0.2, 0.25) is 0 Å². The fourth-order valence-corrected chi connectivity index (χ4v) is 2.46. The van der Waals surface area contributed by atoms with Gasteiger partial charge in [-0.05, 0) is 36.8 Å². The molecule has 2 aromatic rings. The number of amides is 1. The summed E-state index contributed by atoms with van der Waals surface area (Å²) in [7, 11) is 0. The first-order valence-electron chi connectivity index (χ1n) is 7.50. The highest BCUT2D eigenvalue weighted by molar-refractivity contribution is 9.10. The number of rotatable bonds is 6. The summed E-state index contributed by atoms with van der Waals surface area (Å²) in [5, 5.41) is 13.3. The average Bonchev–Trinajstić information content (AvgIpc) is 2.59. The summed E-state index contributed by atoms with van der Waals surface area (Å²) < 4.78 is 5.72. The Morgan fingerprint density at radius 2 is 2.04 bits per heavy atom. The van der Waals surface area contributed by atoms with Crippen molar-refractivity contribution in [2.45, 2.75) is 6.92 Å². The van der Waals surface area contributed by atoms with E-state index in [0.29, 0.717) is 5.56 Å². The van der Waals surface area contributed by atoms with Crippen molar-refractivity contribution in [3.05, 3.63) is 74.3 Å². The highest BCUT2D eigenvalue weighted by atomic mass is 79.9. The quantitative estimate of drug-likeness (QED) is 0.332. The zero-order chi connectivity index (χ0) is 19.1. The van der Waals surface area contributed by atoms with Gasteiger partial charge in [-0.1, -0.05) is 34.1 Å². The Balaban J connectivity index is 1.87. The van der Waals surface area contributed by atoms with E-state index in [1.807, 2.05) is 24.3 Å². The van der Waals surface area contributed by atoms with Gasteiger partial charge in [0.1, 0.15) is 0 Å². The van der Waals surface area contributed by atoms with Gasteiger partial charge in [-0.2, -0.15) is 0 Å². The lowest BCUT2D eigenvalue weighted by Gasteiger charge is -2.06. The van der Waals surface area contributed by atoms with Crippen molar-refractivity contribution in [3.8, 4) is 0 Å². The van der Waals surface area contributed by atoms with E-state index in [0.717, 1.165) is 10.0 Å². The first-order chi connectivity index (χ1) is 12.3. The van der Waals surface area contributed by atoms with E-state index in [4.69, 9.17) is 4.74 Å². The predicted molar refractivity (Wildman–Crippen MR) is 101 cm³/mol. The minimum Gasteiger partial charge on any atom is -0.452 e. The molecule has 2 rings (SSSR count). The number of nitro benzene ring substituents is 1. The van der Waals surface area contributed by atoms with Gasteiger partial charge in [-0.3, -0.25) is 14.9 Å². The second-order valence-corrected chi connectivity index (χ2v) is 6.22. The zero-order valence-corrected chi connectivity index (χ0v) is 15.4. The van der Waals surface area contributed by atoms with E-state index in [1.54, 1.807) is 13.0 Å². The number of anilines is 1. The number of nitrogens with one attached hydrogen (secondary N) is 1. The summed E-state index contributed by atoms with van der Waals surface area (Å²) in [5.74, 6) is -1.26. The maximum Gasteiger partial charge on any atom is 0.331 e. The lowest BCUT2D eigenvalue weighted by Crippen LogP contribution is -2.20. The smallest absolute Gasteiger partial charge is 0.331 e. The molecule has 0 bridgehead atoms. The molecule has 0 heterocycles.